The molecule has 0 aliphatic rings. The van der Waals surface area contributed by atoms with E-state index >= 15 is 0 Å². The first-order valence-corrected chi connectivity index (χ1v) is 25.9. The van der Waals surface area contributed by atoms with Gasteiger partial charge in [-0.05, 0) is 75.3 Å². The van der Waals surface area contributed by atoms with Crippen molar-refractivity contribution in [2.45, 2.75) is 76.4 Å². The molecule has 11 heteroatoms. The molecule has 0 aromatic heterocycles. The number of aliphatic hydroxyl groups is 2. The van der Waals surface area contributed by atoms with Crippen LogP contribution in [0.25, 0.3) is 12.2 Å². The van der Waals surface area contributed by atoms with Crippen LogP contribution in [0.5, 0.6) is 0 Å². The second kappa shape index (κ2) is 22.8. The van der Waals surface area contributed by atoms with Gasteiger partial charge in [-0.3, -0.25) is 0 Å². The van der Waals surface area contributed by atoms with Gasteiger partial charge in [-0.1, -0.05) is 85.0 Å². The molecule has 8 nitrogen and oxygen atoms in total. The van der Waals surface area contributed by atoms with Crippen molar-refractivity contribution in [3.05, 3.63) is 83.9 Å². The lowest BCUT2D eigenvalue weighted by atomic mass is 10.2. The molecule has 0 saturated carbocycles. The summed E-state index contributed by atoms with van der Waals surface area (Å²) in [6.45, 7) is 16.4. The van der Waals surface area contributed by atoms with Crippen molar-refractivity contribution < 1.29 is 37.4 Å². The summed E-state index contributed by atoms with van der Waals surface area (Å²) in [4.78, 5) is 0. The molecule has 0 aliphatic carbocycles. The van der Waals surface area contributed by atoms with Gasteiger partial charge in [0.05, 0.1) is 39.6 Å². The highest BCUT2D eigenvalue weighted by Crippen LogP contribution is 2.26. The number of ether oxygens (including phenoxy) is 4. The van der Waals surface area contributed by atoms with E-state index in [1.165, 1.54) is 0 Å². The first kappa shape index (κ1) is 41.4. The van der Waals surface area contributed by atoms with Crippen LogP contribution in [0.2, 0.25) is 51.4 Å². The van der Waals surface area contributed by atoms with Crippen molar-refractivity contribution in [2.75, 3.05) is 52.9 Å². The van der Waals surface area contributed by atoms with Crippen LogP contribution >= 0.6 is 0 Å². The van der Waals surface area contributed by atoms with Gasteiger partial charge in [0.2, 0.25) is 0 Å². The van der Waals surface area contributed by atoms with E-state index in [1.54, 1.807) is 0 Å². The Morgan fingerprint density at radius 3 is 1.30 bits per heavy atom. The zero-order chi connectivity index (χ0) is 34.4. The van der Waals surface area contributed by atoms with E-state index in [9.17, 15) is 10.2 Å². The smallest absolute Gasteiger partial charge is 0.311 e. The fraction of sp³-hybridized carbons (Fsp3) is 0.556. The van der Waals surface area contributed by atoms with E-state index in [0.29, 0.717) is 26.4 Å². The lowest BCUT2D eigenvalue weighted by Crippen LogP contribution is -2.52. The van der Waals surface area contributed by atoms with Crippen molar-refractivity contribution in [2.24, 2.45) is 0 Å². The molecule has 0 radical (unpaired) electrons. The van der Waals surface area contributed by atoms with Crippen LogP contribution < -0.4 is 0 Å². The second-order valence-corrected chi connectivity index (χ2v) is 26.0. The summed E-state index contributed by atoms with van der Waals surface area (Å²) in [6.07, 6.45) is 8.39. The molecule has 2 unspecified atom stereocenters. The third kappa shape index (κ3) is 21.8. The molecule has 0 aliphatic heterocycles. The van der Waals surface area contributed by atoms with Gasteiger partial charge >= 0.3 is 8.56 Å². The van der Waals surface area contributed by atoms with Crippen LogP contribution in [0.1, 0.15) is 24.0 Å². The molecule has 2 N–H and O–H groups in total. The number of hydrogen-bond donors (Lipinski definition) is 2. The Hall–Kier alpha value is -1.75. The van der Waals surface area contributed by atoms with Crippen molar-refractivity contribution in [3.63, 3.8) is 0 Å². The van der Waals surface area contributed by atoms with Gasteiger partial charge < -0.3 is 37.4 Å². The first-order valence-electron chi connectivity index (χ1n) is 16.9. The summed E-state index contributed by atoms with van der Waals surface area (Å²) in [5, 5.41) is 20.3. The summed E-state index contributed by atoms with van der Waals surface area (Å²) >= 11 is 0. The monoisotopic (exact) mass is 704 g/mol. The normalized spacial score (nSPS) is 14.3. The van der Waals surface area contributed by atoms with Crippen molar-refractivity contribution in [3.8, 4) is 0 Å². The molecule has 2 aromatic rings. The lowest BCUT2D eigenvalue weighted by Gasteiger charge is -2.38. The maximum atomic E-state index is 10.2. The van der Waals surface area contributed by atoms with Crippen LogP contribution in [0.4, 0.5) is 0 Å². The van der Waals surface area contributed by atoms with Gasteiger partial charge in [0, 0.05) is 13.2 Å². The highest BCUT2D eigenvalue weighted by atomic mass is 28.5. The second-order valence-electron chi connectivity index (χ2n) is 13.5. The van der Waals surface area contributed by atoms with E-state index in [2.05, 4.69) is 39.3 Å². The van der Waals surface area contributed by atoms with Crippen LogP contribution in [-0.4, -0.2) is 100 Å². The fourth-order valence-corrected chi connectivity index (χ4v) is 19.2. The van der Waals surface area contributed by atoms with Gasteiger partial charge in [0.15, 0.2) is 16.6 Å². The number of benzene rings is 2. The molecular formula is C36H60O8Si3. The Morgan fingerprint density at radius 2 is 0.915 bits per heavy atom. The average Bonchev–Trinajstić information content (AvgIpc) is 3.00. The minimum absolute atomic E-state index is 0.246. The SMILES string of the molecule is C[Si](C)(CCCOCC(O)COCC=Cc1ccccc1)O[Si](C)(C)O[Si](C)(C)CCCOCC(O)COCC=Cc1ccccc1. The molecule has 2 rings (SSSR count). The largest absolute Gasteiger partial charge is 0.437 e. The highest BCUT2D eigenvalue weighted by molar-refractivity contribution is 6.87. The summed E-state index contributed by atoms with van der Waals surface area (Å²) in [6, 6.07) is 22.0. The Bertz CT molecular complexity index is 1040. The number of hydrogen-bond acceptors (Lipinski definition) is 8. The highest BCUT2D eigenvalue weighted by Gasteiger charge is 2.39. The number of aliphatic hydroxyl groups excluding tert-OH is 2. The van der Waals surface area contributed by atoms with Crippen LogP contribution in [0, 0.1) is 0 Å². The molecule has 47 heavy (non-hydrogen) atoms. The topological polar surface area (TPSA) is 95.8 Å². The lowest BCUT2D eigenvalue weighted by molar-refractivity contribution is -0.0128. The summed E-state index contributed by atoms with van der Waals surface area (Å²) in [5.41, 5.74) is 2.25. The molecule has 0 bridgehead atoms. The Kier molecular flexibility index (Phi) is 20.1. The molecule has 0 heterocycles. The first-order chi connectivity index (χ1) is 22.4. The third-order valence-electron chi connectivity index (χ3n) is 7.07. The van der Waals surface area contributed by atoms with E-state index in [1.807, 2.05) is 85.0 Å². The van der Waals surface area contributed by atoms with E-state index in [-0.39, 0.29) is 26.4 Å². The molecule has 0 fully saturated rings. The van der Waals surface area contributed by atoms with Crippen molar-refractivity contribution in [1.29, 1.82) is 0 Å². The minimum Gasteiger partial charge on any atom is -0.437 e. The number of rotatable bonds is 26. The zero-order valence-corrected chi connectivity index (χ0v) is 32.6. The maximum absolute atomic E-state index is 10.2. The van der Waals surface area contributed by atoms with Gasteiger partial charge in [-0.2, -0.15) is 0 Å². The fourth-order valence-electron chi connectivity index (χ4n) is 5.23. The molecule has 0 spiro atoms. The summed E-state index contributed by atoms with van der Waals surface area (Å²) in [5.74, 6) is 0. The Labute approximate surface area is 287 Å². The van der Waals surface area contributed by atoms with Gasteiger partial charge in [-0.25, -0.2) is 0 Å². The molecule has 0 amide bonds. The Morgan fingerprint density at radius 1 is 0.553 bits per heavy atom. The average molecular weight is 705 g/mol. The molecule has 0 saturated heterocycles. The van der Waals surface area contributed by atoms with Gasteiger partial charge in [0.1, 0.15) is 12.2 Å². The maximum Gasteiger partial charge on any atom is 0.311 e. The zero-order valence-electron chi connectivity index (χ0n) is 29.6. The van der Waals surface area contributed by atoms with E-state index < -0.39 is 37.4 Å². The third-order valence-corrected chi connectivity index (χ3v) is 18.5. The van der Waals surface area contributed by atoms with Crippen LogP contribution in [0.3, 0.4) is 0 Å². The van der Waals surface area contributed by atoms with Gasteiger partial charge in [-0.15, -0.1) is 0 Å². The minimum atomic E-state index is -2.32. The van der Waals surface area contributed by atoms with E-state index in [4.69, 9.17) is 27.2 Å². The van der Waals surface area contributed by atoms with Crippen molar-refractivity contribution >= 4 is 37.3 Å². The Balaban J connectivity index is 1.51. The molecule has 2 aromatic carbocycles. The van der Waals surface area contributed by atoms with E-state index in [0.717, 1.165) is 36.1 Å². The standard InChI is InChI=1S/C36H60O8Si3/c1-45(2,27-15-25-41-31-35(37)29-39-23-13-21-33-17-9-7-10-18-33)43-47(5,6)44-46(3,4)28-16-26-42-32-36(38)30-40-24-14-22-34-19-11-8-12-20-34/h7-14,17-22,35-38H,15-16,23-32H2,1-6H3. The van der Waals surface area contributed by atoms with Crippen LogP contribution in [0.15, 0.2) is 72.8 Å². The predicted octanol–water partition coefficient (Wildman–Crippen LogP) is 7.13. The molecule has 2 atom stereocenters. The molecule has 264 valence electrons. The van der Waals surface area contributed by atoms with Crippen LogP contribution in [-0.2, 0) is 27.2 Å². The molecular weight excluding hydrogens is 645 g/mol. The summed E-state index contributed by atoms with van der Waals surface area (Å²) in [7, 11) is -6.21. The van der Waals surface area contributed by atoms with Gasteiger partial charge in [0.25, 0.3) is 0 Å². The predicted molar refractivity (Wildman–Crippen MR) is 200 cm³/mol. The van der Waals surface area contributed by atoms with Crippen molar-refractivity contribution in [1.82, 2.24) is 0 Å². The summed E-state index contributed by atoms with van der Waals surface area (Å²) < 4.78 is 35.9. The quantitative estimate of drug-likeness (QED) is 0.0790.